The van der Waals surface area contributed by atoms with Gasteiger partial charge in [-0.15, -0.1) is 0 Å². The summed E-state index contributed by atoms with van der Waals surface area (Å²) in [5.41, 5.74) is 1.56. The Morgan fingerprint density at radius 2 is 1.96 bits per heavy atom. The monoisotopic (exact) mass is 401 g/mol. The molecule has 0 atom stereocenters. The number of carbonyl (C=O) groups is 1. The maximum absolute atomic E-state index is 12.1. The van der Waals surface area contributed by atoms with Crippen molar-refractivity contribution in [3.05, 3.63) is 70.0 Å². The highest BCUT2D eigenvalue weighted by Gasteiger charge is 2.09. The number of aromatic amines is 1. The summed E-state index contributed by atoms with van der Waals surface area (Å²) < 4.78 is 5.13. The van der Waals surface area contributed by atoms with Crippen LogP contribution in [-0.4, -0.2) is 28.7 Å². The number of halogens is 1. The molecule has 0 saturated carbocycles. The molecule has 0 aliphatic rings. The lowest BCUT2D eigenvalue weighted by atomic mass is 10.1. The van der Waals surface area contributed by atoms with Crippen molar-refractivity contribution in [2.45, 2.75) is 5.16 Å². The zero-order valence-corrected chi connectivity index (χ0v) is 15.9. The van der Waals surface area contributed by atoms with E-state index >= 15 is 0 Å². The van der Waals surface area contributed by atoms with Gasteiger partial charge in [-0.05, 0) is 36.4 Å². The van der Waals surface area contributed by atoms with E-state index in [-0.39, 0.29) is 17.2 Å². The minimum Gasteiger partial charge on any atom is -0.497 e. The number of aromatic nitrogens is 2. The summed E-state index contributed by atoms with van der Waals surface area (Å²) in [6.07, 6.45) is 0. The number of nitrogens with zero attached hydrogens (tertiary/aromatic N) is 1. The molecule has 27 heavy (non-hydrogen) atoms. The lowest BCUT2D eigenvalue weighted by Crippen LogP contribution is -2.15. The van der Waals surface area contributed by atoms with Gasteiger partial charge in [0.25, 0.3) is 5.56 Å². The summed E-state index contributed by atoms with van der Waals surface area (Å²) in [6, 6.07) is 15.6. The fraction of sp³-hybridized carbons (Fsp3) is 0.105. The molecule has 2 N–H and O–H groups in total. The predicted molar refractivity (Wildman–Crippen MR) is 108 cm³/mol. The van der Waals surface area contributed by atoms with Gasteiger partial charge in [-0.25, -0.2) is 4.98 Å². The second-order valence-electron chi connectivity index (χ2n) is 5.48. The summed E-state index contributed by atoms with van der Waals surface area (Å²) in [7, 11) is 1.59. The van der Waals surface area contributed by atoms with Gasteiger partial charge in [-0.1, -0.05) is 35.5 Å². The van der Waals surface area contributed by atoms with Crippen molar-refractivity contribution >= 4 is 35.0 Å². The maximum Gasteiger partial charge on any atom is 0.252 e. The lowest BCUT2D eigenvalue weighted by molar-refractivity contribution is -0.113. The first-order valence-corrected chi connectivity index (χ1v) is 9.34. The average molecular weight is 402 g/mol. The number of carbonyl (C=O) groups excluding carboxylic acids is 1. The molecule has 0 bridgehead atoms. The topological polar surface area (TPSA) is 84.1 Å². The predicted octanol–water partition coefficient (Wildman–Crippen LogP) is 3.83. The molecule has 1 heterocycles. The number of rotatable bonds is 6. The van der Waals surface area contributed by atoms with Gasteiger partial charge >= 0.3 is 0 Å². The van der Waals surface area contributed by atoms with Gasteiger partial charge < -0.3 is 15.0 Å². The number of benzene rings is 2. The Morgan fingerprint density at radius 1 is 1.22 bits per heavy atom. The summed E-state index contributed by atoms with van der Waals surface area (Å²) >= 11 is 7.16. The highest BCUT2D eigenvalue weighted by molar-refractivity contribution is 7.99. The summed E-state index contributed by atoms with van der Waals surface area (Å²) in [4.78, 5) is 31.1. The third-order valence-electron chi connectivity index (χ3n) is 3.59. The van der Waals surface area contributed by atoms with Crippen LogP contribution < -0.4 is 15.6 Å². The van der Waals surface area contributed by atoms with E-state index in [2.05, 4.69) is 15.3 Å². The Balaban J connectivity index is 1.70. The Bertz CT molecular complexity index is 1010. The summed E-state index contributed by atoms with van der Waals surface area (Å²) in [6.45, 7) is 0. The molecule has 0 aliphatic carbocycles. The van der Waals surface area contributed by atoms with Crippen molar-refractivity contribution in [2.75, 3.05) is 18.2 Å². The van der Waals surface area contributed by atoms with E-state index < -0.39 is 0 Å². The molecule has 3 rings (SSSR count). The molecule has 1 aromatic heterocycles. The van der Waals surface area contributed by atoms with Gasteiger partial charge in [-0.3, -0.25) is 9.59 Å². The molecule has 3 aromatic rings. The van der Waals surface area contributed by atoms with Gasteiger partial charge in [-0.2, -0.15) is 0 Å². The van der Waals surface area contributed by atoms with Crippen LogP contribution in [0.15, 0.2) is 64.5 Å². The standard InChI is InChI=1S/C19H16ClN3O3S/c1-26-13-8-6-12(7-9-13)16-10-17(24)23-19(22-16)27-11-18(25)21-15-5-3-2-4-14(15)20/h2-10H,11H2,1H3,(H,21,25)(H,22,23,24). The van der Waals surface area contributed by atoms with Crippen LogP contribution >= 0.6 is 23.4 Å². The summed E-state index contributed by atoms with van der Waals surface area (Å²) in [5.74, 6) is 0.556. The van der Waals surface area contributed by atoms with Crippen molar-refractivity contribution in [3.8, 4) is 17.0 Å². The van der Waals surface area contributed by atoms with Gasteiger partial charge in [0, 0.05) is 11.6 Å². The van der Waals surface area contributed by atoms with E-state index in [0.29, 0.717) is 21.6 Å². The first-order chi connectivity index (χ1) is 13.0. The molecular formula is C19H16ClN3O3S. The van der Waals surface area contributed by atoms with E-state index in [9.17, 15) is 9.59 Å². The molecule has 0 aliphatic heterocycles. The zero-order valence-electron chi connectivity index (χ0n) is 14.4. The third kappa shape index (κ3) is 5.12. The normalized spacial score (nSPS) is 10.4. The SMILES string of the molecule is COc1ccc(-c2cc(=O)[nH]c(SCC(=O)Nc3ccccc3Cl)n2)cc1. The molecule has 0 saturated heterocycles. The molecule has 6 nitrogen and oxygen atoms in total. The molecule has 0 unspecified atom stereocenters. The number of methoxy groups -OCH3 is 1. The van der Waals surface area contributed by atoms with Gasteiger partial charge in [0.1, 0.15) is 5.75 Å². The van der Waals surface area contributed by atoms with Gasteiger partial charge in [0.15, 0.2) is 5.16 Å². The first-order valence-electron chi connectivity index (χ1n) is 7.98. The van der Waals surface area contributed by atoms with Crippen LogP contribution in [0.5, 0.6) is 5.75 Å². The number of hydrogen-bond donors (Lipinski definition) is 2. The molecule has 0 fully saturated rings. The second-order valence-corrected chi connectivity index (χ2v) is 6.85. The van der Waals surface area contributed by atoms with Crippen LogP contribution in [-0.2, 0) is 4.79 Å². The molecule has 138 valence electrons. The van der Waals surface area contributed by atoms with Crippen molar-refractivity contribution in [3.63, 3.8) is 0 Å². The Hall–Kier alpha value is -2.77. The maximum atomic E-state index is 12.1. The van der Waals surface area contributed by atoms with Crippen LogP contribution in [0.2, 0.25) is 5.02 Å². The zero-order chi connectivity index (χ0) is 19.2. The lowest BCUT2D eigenvalue weighted by Gasteiger charge is -2.07. The number of amides is 1. The molecule has 2 aromatic carbocycles. The van der Waals surface area contributed by atoms with E-state index in [0.717, 1.165) is 23.1 Å². The van der Waals surface area contributed by atoms with E-state index in [1.807, 2.05) is 12.1 Å². The fourth-order valence-corrected chi connectivity index (χ4v) is 3.15. The van der Waals surface area contributed by atoms with Crippen LogP contribution in [0.1, 0.15) is 0 Å². The average Bonchev–Trinajstić information content (AvgIpc) is 2.68. The van der Waals surface area contributed by atoms with Crippen molar-refractivity contribution in [2.24, 2.45) is 0 Å². The number of H-pyrrole nitrogens is 1. The molecule has 0 spiro atoms. The number of hydrogen-bond acceptors (Lipinski definition) is 5. The quantitative estimate of drug-likeness (QED) is 0.484. The highest BCUT2D eigenvalue weighted by atomic mass is 35.5. The van der Waals surface area contributed by atoms with Crippen molar-refractivity contribution < 1.29 is 9.53 Å². The number of nitrogens with one attached hydrogen (secondary N) is 2. The molecule has 1 amide bonds. The van der Waals surface area contributed by atoms with Crippen LogP contribution in [0, 0.1) is 0 Å². The van der Waals surface area contributed by atoms with Crippen LogP contribution in [0.4, 0.5) is 5.69 Å². The second kappa shape index (κ2) is 8.75. The Morgan fingerprint density at radius 3 is 2.67 bits per heavy atom. The summed E-state index contributed by atoms with van der Waals surface area (Å²) in [5, 5.41) is 3.55. The fourth-order valence-electron chi connectivity index (χ4n) is 2.30. The number of anilines is 1. The van der Waals surface area contributed by atoms with Gasteiger partial charge in [0.2, 0.25) is 5.91 Å². The van der Waals surface area contributed by atoms with Crippen LogP contribution in [0.3, 0.4) is 0 Å². The van der Waals surface area contributed by atoms with Crippen molar-refractivity contribution in [1.82, 2.24) is 9.97 Å². The minimum absolute atomic E-state index is 0.0836. The number of ether oxygens (including phenoxy) is 1. The third-order valence-corrected chi connectivity index (χ3v) is 4.80. The Labute approximate surface area is 164 Å². The van der Waals surface area contributed by atoms with E-state index in [4.69, 9.17) is 16.3 Å². The van der Waals surface area contributed by atoms with Crippen molar-refractivity contribution in [1.29, 1.82) is 0 Å². The van der Waals surface area contributed by atoms with E-state index in [1.54, 1.807) is 43.5 Å². The van der Waals surface area contributed by atoms with E-state index in [1.165, 1.54) is 6.07 Å². The Kier molecular flexibility index (Phi) is 6.16. The van der Waals surface area contributed by atoms with Crippen LogP contribution in [0.25, 0.3) is 11.3 Å². The smallest absolute Gasteiger partial charge is 0.252 e. The minimum atomic E-state index is -0.287. The first kappa shape index (κ1) is 19.0. The largest absolute Gasteiger partial charge is 0.497 e. The number of para-hydroxylation sites is 1. The highest BCUT2D eigenvalue weighted by Crippen LogP contribution is 2.23. The molecular weight excluding hydrogens is 386 g/mol. The molecule has 0 radical (unpaired) electrons. The molecule has 8 heteroatoms. The van der Waals surface area contributed by atoms with Gasteiger partial charge in [0.05, 0.1) is 29.3 Å². The number of thioether (sulfide) groups is 1.